The highest BCUT2D eigenvalue weighted by Gasteiger charge is 2.31. The van der Waals surface area contributed by atoms with Crippen LogP contribution in [0.4, 0.5) is 8.78 Å². The molecule has 9 heteroatoms. The summed E-state index contributed by atoms with van der Waals surface area (Å²) < 4.78 is 31.8. The molecule has 0 radical (unpaired) electrons. The van der Waals surface area contributed by atoms with E-state index < -0.39 is 22.9 Å². The maximum Gasteiger partial charge on any atom is 0.337 e. The topological polar surface area (TPSA) is 61.8 Å². The van der Waals surface area contributed by atoms with E-state index in [1.807, 2.05) is 6.07 Å². The molecule has 152 valence electrons. The first kappa shape index (κ1) is 18.7. The lowest BCUT2D eigenvalue weighted by atomic mass is 10.2. The van der Waals surface area contributed by atoms with Crippen LogP contribution >= 0.6 is 11.6 Å². The monoisotopic (exact) mass is 428 g/mol. The van der Waals surface area contributed by atoms with E-state index >= 15 is 0 Å². The average Bonchev–Trinajstić information content (AvgIpc) is 3.44. The second-order valence-corrected chi connectivity index (χ2v) is 7.73. The molecule has 4 aromatic rings. The SMILES string of the molecule is O=c1c2c(ncn2Cc2cccc(Cl)c2)n(-c2ccc(F)cc2F)c(=O)n1C1CC1. The lowest BCUT2D eigenvalue weighted by molar-refractivity contribution is 0.570. The fraction of sp³-hybridized carbons (Fsp3) is 0.190. The first-order valence-electron chi connectivity index (χ1n) is 9.36. The second-order valence-electron chi connectivity index (χ2n) is 7.29. The van der Waals surface area contributed by atoms with Gasteiger partial charge in [0.1, 0.15) is 11.6 Å². The largest absolute Gasteiger partial charge is 0.337 e. The van der Waals surface area contributed by atoms with Crippen molar-refractivity contribution in [3.63, 3.8) is 0 Å². The van der Waals surface area contributed by atoms with Crippen LogP contribution < -0.4 is 11.2 Å². The Bertz CT molecular complexity index is 1420. The quantitative estimate of drug-likeness (QED) is 0.498. The Labute approximate surface area is 173 Å². The standard InChI is InChI=1S/C21H15ClF2N4O2/c22-13-3-1-2-12(8-13)10-26-11-25-19-18(26)20(29)27(15-5-6-15)21(30)28(19)17-7-4-14(23)9-16(17)24/h1-4,7-9,11,15H,5-6,10H2. The van der Waals surface area contributed by atoms with E-state index in [4.69, 9.17) is 11.6 Å². The van der Waals surface area contributed by atoms with Crippen molar-refractivity contribution in [3.8, 4) is 5.69 Å². The Balaban J connectivity index is 1.79. The summed E-state index contributed by atoms with van der Waals surface area (Å²) in [6, 6.07) is 9.85. The molecular weight excluding hydrogens is 414 g/mol. The lowest BCUT2D eigenvalue weighted by Crippen LogP contribution is -2.39. The van der Waals surface area contributed by atoms with Crippen LogP contribution in [0.15, 0.2) is 58.4 Å². The first-order chi connectivity index (χ1) is 14.4. The van der Waals surface area contributed by atoms with E-state index in [0.29, 0.717) is 30.5 Å². The van der Waals surface area contributed by atoms with Gasteiger partial charge in [0.05, 0.1) is 12.0 Å². The van der Waals surface area contributed by atoms with E-state index in [9.17, 15) is 18.4 Å². The fourth-order valence-electron chi connectivity index (χ4n) is 3.64. The zero-order valence-electron chi connectivity index (χ0n) is 15.6. The van der Waals surface area contributed by atoms with Crippen LogP contribution in [0.3, 0.4) is 0 Å². The third-order valence-electron chi connectivity index (χ3n) is 5.15. The van der Waals surface area contributed by atoms with Gasteiger partial charge in [0.25, 0.3) is 5.56 Å². The summed E-state index contributed by atoms with van der Waals surface area (Å²) in [7, 11) is 0. The number of aromatic nitrogens is 4. The molecule has 1 aliphatic rings. The van der Waals surface area contributed by atoms with Crippen LogP contribution in [0, 0.1) is 11.6 Å². The van der Waals surface area contributed by atoms with Gasteiger partial charge in [0.2, 0.25) is 0 Å². The highest BCUT2D eigenvalue weighted by atomic mass is 35.5. The zero-order valence-corrected chi connectivity index (χ0v) is 16.3. The van der Waals surface area contributed by atoms with Crippen molar-refractivity contribution >= 4 is 22.8 Å². The van der Waals surface area contributed by atoms with Gasteiger partial charge in [-0.25, -0.2) is 23.1 Å². The molecule has 0 saturated heterocycles. The molecule has 2 aromatic carbocycles. The van der Waals surface area contributed by atoms with Gasteiger partial charge in [-0.15, -0.1) is 0 Å². The van der Waals surface area contributed by atoms with Crippen LogP contribution in [0.25, 0.3) is 16.9 Å². The van der Waals surface area contributed by atoms with Gasteiger partial charge in [-0.2, -0.15) is 0 Å². The molecule has 2 aromatic heterocycles. The fourth-order valence-corrected chi connectivity index (χ4v) is 3.85. The van der Waals surface area contributed by atoms with Crippen LogP contribution in [-0.2, 0) is 6.54 Å². The Kier molecular flexibility index (Phi) is 4.32. The Morgan fingerprint density at radius 3 is 2.60 bits per heavy atom. The van der Waals surface area contributed by atoms with Crippen molar-refractivity contribution < 1.29 is 8.78 Å². The molecule has 0 bridgehead atoms. The zero-order chi connectivity index (χ0) is 21.0. The van der Waals surface area contributed by atoms with Crippen molar-refractivity contribution in [1.29, 1.82) is 0 Å². The number of hydrogen-bond donors (Lipinski definition) is 0. The average molecular weight is 429 g/mol. The minimum atomic E-state index is -0.913. The minimum absolute atomic E-state index is 0.0226. The molecule has 1 aliphatic carbocycles. The van der Waals surface area contributed by atoms with Gasteiger partial charge in [-0.1, -0.05) is 23.7 Å². The number of benzene rings is 2. The van der Waals surface area contributed by atoms with Crippen LogP contribution in [-0.4, -0.2) is 18.7 Å². The first-order valence-corrected chi connectivity index (χ1v) is 9.74. The third-order valence-corrected chi connectivity index (χ3v) is 5.39. The maximum atomic E-state index is 14.6. The summed E-state index contributed by atoms with van der Waals surface area (Å²) in [5.41, 5.74) is -0.289. The summed E-state index contributed by atoms with van der Waals surface area (Å²) in [5.74, 6) is -1.67. The summed E-state index contributed by atoms with van der Waals surface area (Å²) in [6.45, 7) is 0.293. The highest BCUT2D eigenvalue weighted by Crippen LogP contribution is 2.33. The number of hydrogen-bond acceptors (Lipinski definition) is 3. The van der Waals surface area contributed by atoms with Gasteiger partial charge >= 0.3 is 5.69 Å². The van der Waals surface area contributed by atoms with Crippen LogP contribution in [0.5, 0.6) is 0 Å². The Hall–Kier alpha value is -3.26. The van der Waals surface area contributed by atoms with Crippen molar-refractivity contribution in [3.05, 3.63) is 91.9 Å². The van der Waals surface area contributed by atoms with E-state index in [-0.39, 0.29) is 22.9 Å². The molecule has 30 heavy (non-hydrogen) atoms. The number of halogens is 3. The molecule has 0 aliphatic heterocycles. The molecule has 0 unspecified atom stereocenters. The summed E-state index contributed by atoms with van der Waals surface area (Å²) in [5, 5.41) is 0.553. The molecule has 0 amide bonds. The van der Waals surface area contributed by atoms with Crippen molar-refractivity contribution in [2.45, 2.75) is 25.4 Å². The summed E-state index contributed by atoms with van der Waals surface area (Å²) in [6.07, 6.45) is 2.81. The minimum Gasteiger partial charge on any atom is -0.320 e. The predicted octanol–water partition coefficient (Wildman–Crippen LogP) is 3.66. The van der Waals surface area contributed by atoms with Gasteiger partial charge in [0, 0.05) is 23.7 Å². The summed E-state index contributed by atoms with van der Waals surface area (Å²) in [4.78, 5) is 30.6. The van der Waals surface area contributed by atoms with Gasteiger partial charge < -0.3 is 4.57 Å². The van der Waals surface area contributed by atoms with Crippen LogP contribution in [0.2, 0.25) is 5.02 Å². The van der Waals surface area contributed by atoms with E-state index in [0.717, 1.165) is 20.8 Å². The lowest BCUT2D eigenvalue weighted by Gasteiger charge is -2.13. The molecule has 1 fully saturated rings. The van der Waals surface area contributed by atoms with Crippen molar-refractivity contribution in [1.82, 2.24) is 18.7 Å². The van der Waals surface area contributed by atoms with E-state index in [1.165, 1.54) is 12.4 Å². The molecule has 2 heterocycles. The van der Waals surface area contributed by atoms with Crippen molar-refractivity contribution in [2.24, 2.45) is 0 Å². The molecular formula is C21H15ClF2N4O2. The normalized spacial score (nSPS) is 13.8. The van der Waals surface area contributed by atoms with Gasteiger partial charge in [-0.3, -0.25) is 9.36 Å². The molecule has 0 atom stereocenters. The highest BCUT2D eigenvalue weighted by molar-refractivity contribution is 6.30. The van der Waals surface area contributed by atoms with E-state index in [2.05, 4.69) is 4.98 Å². The number of nitrogens with zero attached hydrogens (tertiary/aromatic N) is 4. The van der Waals surface area contributed by atoms with Gasteiger partial charge in [0.15, 0.2) is 11.2 Å². The van der Waals surface area contributed by atoms with Gasteiger partial charge in [-0.05, 0) is 42.7 Å². The van der Waals surface area contributed by atoms with Crippen molar-refractivity contribution in [2.75, 3.05) is 0 Å². The molecule has 1 saturated carbocycles. The Morgan fingerprint density at radius 2 is 1.90 bits per heavy atom. The van der Waals surface area contributed by atoms with Crippen LogP contribution in [0.1, 0.15) is 24.4 Å². The molecule has 6 nitrogen and oxygen atoms in total. The molecule has 5 rings (SSSR count). The molecule has 0 spiro atoms. The maximum absolute atomic E-state index is 14.6. The number of rotatable bonds is 4. The second kappa shape index (κ2) is 6.91. The molecule has 0 N–H and O–H groups in total. The Morgan fingerprint density at radius 1 is 1.10 bits per heavy atom. The number of imidazole rings is 1. The third kappa shape index (κ3) is 3.04. The predicted molar refractivity (Wildman–Crippen MR) is 108 cm³/mol. The summed E-state index contributed by atoms with van der Waals surface area (Å²) >= 11 is 6.06. The number of fused-ring (bicyclic) bond motifs is 1. The smallest absolute Gasteiger partial charge is 0.320 e. The van der Waals surface area contributed by atoms with E-state index in [1.54, 1.807) is 22.8 Å².